The van der Waals surface area contributed by atoms with E-state index in [0.717, 1.165) is 16.9 Å². The molecule has 0 saturated carbocycles. The third kappa shape index (κ3) is 4.73. The van der Waals surface area contributed by atoms with Gasteiger partial charge in [0.1, 0.15) is 11.5 Å². The van der Waals surface area contributed by atoms with E-state index >= 15 is 0 Å². The molecule has 25 heavy (non-hydrogen) atoms. The lowest BCUT2D eigenvalue weighted by Crippen LogP contribution is -2.23. The summed E-state index contributed by atoms with van der Waals surface area (Å²) in [4.78, 5) is 23.3. The summed E-state index contributed by atoms with van der Waals surface area (Å²) in [5, 5.41) is 5.52. The second kappa shape index (κ2) is 8.19. The van der Waals surface area contributed by atoms with Gasteiger partial charge in [-0.05, 0) is 48.9 Å². The van der Waals surface area contributed by atoms with Crippen LogP contribution in [0.1, 0.15) is 28.4 Å². The molecule has 2 aromatic rings. The van der Waals surface area contributed by atoms with E-state index in [1.165, 1.54) is 6.92 Å². The molecule has 0 atom stereocenters. The van der Waals surface area contributed by atoms with E-state index in [0.29, 0.717) is 23.5 Å². The van der Waals surface area contributed by atoms with Gasteiger partial charge in [0.25, 0.3) is 5.91 Å². The number of ether oxygens (including phenoxy) is 2. The predicted molar refractivity (Wildman–Crippen MR) is 96.2 cm³/mol. The van der Waals surface area contributed by atoms with E-state index < -0.39 is 0 Å². The molecule has 0 spiro atoms. The quantitative estimate of drug-likeness (QED) is 0.846. The number of nitrogens with one attached hydrogen (secondary N) is 2. The number of amides is 2. The lowest BCUT2D eigenvalue weighted by molar-refractivity contribution is -0.114. The van der Waals surface area contributed by atoms with Crippen LogP contribution in [0, 0.1) is 6.92 Å². The molecule has 0 saturated heterocycles. The average Bonchev–Trinajstić information content (AvgIpc) is 2.60. The normalized spacial score (nSPS) is 10.1. The lowest BCUT2D eigenvalue weighted by atomic mass is 10.1. The van der Waals surface area contributed by atoms with Crippen molar-refractivity contribution < 1.29 is 19.1 Å². The van der Waals surface area contributed by atoms with Gasteiger partial charge in [0.2, 0.25) is 5.91 Å². The predicted octanol–water partition coefficient (Wildman–Crippen LogP) is 2.90. The first-order valence-electron chi connectivity index (χ1n) is 7.82. The number of carbonyl (C=O) groups excluding carboxylic acids is 2. The summed E-state index contributed by atoms with van der Waals surface area (Å²) in [6.07, 6.45) is 0. The highest BCUT2D eigenvalue weighted by Gasteiger charge is 2.11. The first-order valence-corrected chi connectivity index (χ1v) is 7.82. The van der Waals surface area contributed by atoms with Gasteiger partial charge in [0, 0.05) is 30.3 Å². The summed E-state index contributed by atoms with van der Waals surface area (Å²) in [7, 11) is 3.20. The molecule has 6 nitrogen and oxygen atoms in total. The van der Waals surface area contributed by atoms with Crippen LogP contribution in [0.5, 0.6) is 11.5 Å². The second-order valence-corrected chi connectivity index (χ2v) is 5.57. The zero-order valence-corrected chi connectivity index (χ0v) is 14.8. The summed E-state index contributed by atoms with van der Waals surface area (Å²) in [6, 6.07) is 10.4. The van der Waals surface area contributed by atoms with Crippen LogP contribution in [-0.2, 0) is 11.3 Å². The van der Waals surface area contributed by atoms with Crippen LogP contribution in [0.15, 0.2) is 36.4 Å². The smallest absolute Gasteiger partial charge is 0.251 e. The van der Waals surface area contributed by atoms with Crippen molar-refractivity contribution in [1.82, 2.24) is 5.32 Å². The molecular formula is C19H22N2O4. The second-order valence-electron chi connectivity index (χ2n) is 5.57. The molecule has 2 N–H and O–H groups in total. The Hall–Kier alpha value is -3.02. The summed E-state index contributed by atoms with van der Waals surface area (Å²) in [6.45, 7) is 3.68. The maximum Gasteiger partial charge on any atom is 0.251 e. The van der Waals surface area contributed by atoms with E-state index in [1.54, 1.807) is 38.5 Å². The first-order chi connectivity index (χ1) is 11.9. The third-order valence-electron chi connectivity index (χ3n) is 3.70. The summed E-state index contributed by atoms with van der Waals surface area (Å²) < 4.78 is 10.7. The molecular weight excluding hydrogens is 320 g/mol. The van der Waals surface area contributed by atoms with Gasteiger partial charge >= 0.3 is 0 Å². The van der Waals surface area contributed by atoms with Gasteiger partial charge in [0.05, 0.1) is 14.2 Å². The molecule has 0 radical (unpaired) electrons. The highest BCUT2D eigenvalue weighted by Crippen LogP contribution is 2.28. The van der Waals surface area contributed by atoms with E-state index in [-0.39, 0.29) is 11.8 Å². The fourth-order valence-electron chi connectivity index (χ4n) is 2.44. The number of anilines is 1. The molecule has 0 bridgehead atoms. The molecule has 0 unspecified atom stereocenters. The van der Waals surface area contributed by atoms with Gasteiger partial charge in [-0.25, -0.2) is 0 Å². The molecule has 0 aromatic heterocycles. The maximum absolute atomic E-state index is 12.3. The largest absolute Gasteiger partial charge is 0.496 e. The Morgan fingerprint density at radius 3 is 2.20 bits per heavy atom. The van der Waals surface area contributed by atoms with Crippen LogP contribution < -0.4 is 20.1 Å². The molecule has 2 aromatic carbocycles. The Balaban J connectivity index is 2.08. The van der Waals surface area contributed by atoms with Gasteiger partial charge in [-0.15, -0.1) is 0 Å². The topological polar surface area (TPSA) is 76.7 Å². The van der Waals surface area contributed by atoms with Gasteiger partial charge in [-0.3, -0.25) is 9.59 Å². The van der Waals surface area contributed by atoms with E-state index in [9.17, 15) is 9.59 Å². The molecule has 2 rings (SSSR count). The number of rotatable bonds is 6. The Morgan fingerprint density at radius 1 is 1.00 bits per heavy atom. The van der Waals surface area contributed by atoms with Gasteiger partial charge < -0.3 is 20.1 Å². The van der Waals surface area contributed by atoms with Crippen LogP contribution in [0.25, 0.3) is 0 Å². The lowest BCUT2D eigenvalue weighted by Gasteiger charge is -2.14. The number of carbonyl (C=O) groups is 2. The van der Waals surface area contributed by atoms with Crippen molar-refractivity contribution in [3.05, 3.63) is 53.1 Å². The van der Waals surface area contributed by atoms with E-state index in [4.69, 9.17) is 9.47 Å². The fourth-order valence-corrected chi connectivity index (χ4v) is 2.44. The van der Waals surface area contributed by atoms with Crippen LogP contribution >= 0.6 is 0 Å². The minimum atomic E-state index is -0.212. The van der Waals surface area contributed by atoms with Crippen molar-refractivity contribution in [2.45, 2.75) is 20.4 Å². The Bertz CT molecular complexity index is 770. The van der Waals surface area contributed by atoms with Crippen molar-refractivity contribution in [2.75, 3.05) is 19.5 Å². The van der Waals surface area contributed by atoms with Crippen LogP contribution in [0.3, 0.4) is 0 Å². The molecule has 0 aliphatic carbocycles. The molecule has 6 heteroatoms. The van der Waals surface area contributed by atoms with Crippen molar-refractivity contribution in [1.29, 1.82) is 0 Å². The number of hydrogen-bond donors (Lipinski definition) is 2. The minimum Gasteiger partial charge on any atom is -0.496 e. The molecule has 132 valence electrons. The van der Waals surface area contributed by atoms with E-state index in [2.05, 4.69) is 10.6 Å². The zero-order chi connectivity index (χ0) is 18.4. The number of benzene rings is 2. The molecule has 0 aliphatic rings. The van der Waals surface area contributed by atoms with Crippen molar-refractivity contribution in [2.24, 2.45) is 0 Å². The van der Waals surface area contributed by atoms with Crippen molar-refractivity contribution in [3.63, 3.8) is 0 Å². The average molecular weight is 342 g/mol. The zero-order valence-electron chi connectivity index (χ0n) is 14.8. The molecule has 0 aliphatic heterocycles. The number of methoxy groups -OCH3 is 2. The molecule has 2 amide bonds. The fraction of sp³-hybridized carbons (Fsp3) is 0.263. The molecule has 0 fully saturated rings. The highest BCUT2D eigenvalue weighted by molar-refractivity contribution is 5.95. The first kappa shape index (κ1) is 18.3. The van der Waals surface area contributed by atoms with Crippen LogP contribution in [-0.4, -0.2) is 26.0 Å². The van der Waals surface area contributed by atoms with Crippen molar-refractivity contribution in [3.8, 4) is 11.5 Å². The third-order valence-corrected chi connectivity index (χ3v) is 3.70. The van der Waals surface area contributed by atoms with Crippen molar-refractivity contribution >= 4 is 17.5 Å². The maximum atomic E-state index is 12.3. The monoisotopic (exact) mass is 342 g/mol. The van der Waals surface area contributed by atoms with E-state index in [1.807, 2.05) is 19.1 Å². The van der Waals surface area contributed by atoms with Crippen LogP contribution in [0.2, 0.25) is 0 Å². The van der Waals surface area contributed by atoms with Crippen LogP contribution in [0.4, 0.5) is 5.69 Å². The SMILES string of the molecule is COc1cc(CNC(=O)c2ccc(NC(C)=O)cc2)c(OC)cc1C. The Kier molecular flexibility index (Phi) is 6.00. The van der Waals surface area contributed by atoms with Gasteiger partial charge in [0.15, 0.2) is 0 Å². The van der Waals surface area contributed by atoms with Gasteiger partial charge in [-0.1, -0.05) is 0 Å². The summed E-state index contributed by atoms with van der Waals surface area (Å²) in [5.74, 6) is 1.07. The number of aryl methyl sites for hydroxylation is 1. The standard InChI is InChI=1S/C19H22N2O4/c1-12-9-18(25-4)15(10-17(12)24-3)11-20-19(23)14-5-7-16(8-6-14)21-13(2)22/h5-10H,11H2,1-4H3,(H,20,23)(H,21,22). The summed E-state index contributed by atoms with van der Waals surface area (Å²) >= 11 is 0. The Morgan fingerprint density at radius 2 is 1.64 bits per heavy atom. The Labute approximate surface area is 147 Å². The highest BCUT2D eigenvalue weighted by atomic mass is 16.5. The minimum absolute atomic E-state index is 0.155. The molecule has 0 heterocycles. The van der Waals surface area contributed by atoms with Gasteiger partial charge in [-0.2, -0.15) is 0 Å². The summed E-state index contributed by atoms with van der Waals surface area (Å²) in [5.41, 5.74) is 2.94. The number of hydrogen-bond acceptors (Lipinski definition) is 4.